The van der Waals surface area contributed by atoms with E-state index in [1.807, 2.05) is 17.0 Å². The van der Waals surface area contributed by atoms with Gasteiger partial charge in [-0.3, -0.25) is 4.79 Å². The normalized spacial score (nSPS) is 17.9. The minimum absolute atomic E-state index is 0.210. The number of carbonyl (C=O) groups is 2. The fraction of sp³-hybridized carbons (Fsp3) is 0.545. The number of amides is 1. The minimum atomic E-state index is -0.284. The maximum Gasteiger partial charge on any atom is 0.348 e. The predicted octanol–water partition coefficient (Wildman–Crippen LogP) is 5.15. The summed E-state index contributed by atoms with van der Waals surface area (Å²) in [6, 6.07) is 4.00. The van der Waals surface area contributed by atoms with E-state index in [0.29, 0.717) is 11.3 Å². The minimum Gasteiger partial charge on any atom is -0.465 e. The highest BCUT2D eigenvalue weighted by atomic mass is 32.1. The maximum atomic E-state index is 12.2. The summed E-state index contributed by atoms with van der Waals surface area (Å²) in [6.45, 7) is 5.14. The van der Waals surface area contributed by atoms with Gasteiger partial charge in [-0.05, 0) is 51.2 Å². The Morgan fingerprint density at radius 1 is 1.37 bits per heavy atom. The van der Waals surface area contributed by atoms with Crippen molar-refractivity contribution < 1.29 is 14.3 Å². The number of ether oxygens (including phenoxy) is 1. The number of unbranched alkanes of at least 4 members (excludes halogenated alkanes) is 1. The number of aryl methyl sites for hydroxylation is 1. The van der Waals surface area contributed by atoms with Crippen LogP contribution < -0.4 is 0 Å². The van der Waals surface area contributed by atoms with E-state index >= 15 is 0 Å². The predicted molar refractivity (Wildman–Crippen MR) is 111 cm³/mol. The molecule has 1 atom stereocenters. The Balaban J connectivity index is 1.83. The summed E-state index contributed by atoms with van der Waals surface area (Å²) in [5, 5.41) is 0. The van der Waals surface area contributed by atoms with E-state index in [9.17, 15) is 9.59 Å². The van der Waals surface area contributed by atoms with Gasteiger partial charge in [-0.2, -0.15) is 0 Å². The summed E-state index contributed by atoms with van der Waals surface area (Å²) in [7, 11) is 1.40. The number of nitrogens with zero attached hydrogens (tertiary/aromatic N) is 1. The number of methoxy groups -OCH3 is 1. The van der Waals surface area contributed by atoms with Gasteiger partial charge in [0.05, 0.1) is 13.2 Å². The lowest BCUT2D eigenvalue weighted by Gasteiger charge is -2.22. The summed E-state index contributed by atoms with van der Waals surface area (Å²) in [4.78, 5) is 27.5. The third-order valence-electron chi connectivity index (χ3n) is 4.88. The smallest absolute Gasteiger partial charge is 0.348 e. The maximum absolute atomic E-state index is 12.2. The molecule has 1 aromatic rings. The Morgan fingerprint density at radius 2 is 2.19 bits per heavy atom. The number of esters is 1. The largest absolute Gasteiger partial charge is 0.465 e. The summed E-state index contributed by atoms with van der Waals surface area (Å²) < 4.78 is 4.75. The third kappa shape index (κ3) is 6.65. The zero-order chi connectivity index (χ0) is 19.6. The number of carbonyl (C=O) groups excluding carboxylic acids is 2. The van der Waals surface area contributed by atoms with Crippen LogP contribution >= 0.6 is 11.3 Å². The molecule has 148 valence electrons. The van der Waals surface area contributed by atoms with Crippen LogP contribution in [0.3, 0.4) is 0 Å². The molecule has 2 rings (SSSR count). The molecule has 1 aliphatic heterocycles. The fourth-order valence-electron chi connectivity index (χ4n) is 3.28. The molecule has 2 heterocycles. The molecule has 0 aromatic carbocycles. The number of thiophene rings is 1. The first kappa shape index (κ1) is 21.4. The van der Waals surface area contributed by atoms with Crippen molar-refractivity contribution in [3.63, 3.8) is 0 Å². The average Bonchev–Trinajstić information content (AvgIpc) is 3.27. The molecule has 0 spiro atoms. The van der Waals surface area contributed by atoms with E-state index < -0.39 is 0 Å². The van der Waals surface area contributed by atoms with Gasteiger partial charge >= 0.3 is 5.97 Å². The van der Waals surface area contributed by atoms with E-state index in [-0.39, 0.29) is 17.9 Å². The van der Waals surface area contributed by atoms with Gasteiger partial charge < -0.3 is 9.64 Å². The number of rotatable bonds is 10. The molecule has 0 aliphatic carbocycles. The molecular formula is C22H31NO3S. The van der Waals surface area contributed by atoms with Crippen molar-refractivity contribution >= 4 is 23.2 Å². The Kier molecular flexibility index (Phi) is 8.79. The quantitative estimate of drug-likeness (QED) is 0.411. The van der Waals surface area contributed by atoms with E-state index in [1.165, 1.54) is 36.9 Å². The summed E-state index contributed by atoms with van der Waals surface area (Å²) in [6.07, 6.45) is 13.4. The number of hydrogen-bond donors (Lipinski definition) is 0. The van der Waals surface area contributed by atoms with E-state index in [2.05, 4.69) is 32.1 Å². The van der Waals surface area contributed by atoms with Crippen molar-refractivity contribution in [1.29, 1.82) is 0 Å². The van der Waals surface area contributed by atoms with Crippen molar-refractivity contribution in [3.05, 3.63) is 45.7 Å². The highest BCUT2D eigenvalue weighted by molar-refractivity contribution is 7.13. The van der Waals surface area contributed by atoms with Crippen molar-refractivity contribution in [1.82, 2.24) is 4.90 Å². The van der Waals surface area contributed by atoms with Crippen molar-refractivity contribution in [2.24, 2.45) is 0 Å². The van der Waals surface area contributed by atoms with Gasteiger partial charge in [0, 0.05) is 17.8 Å². The monoisotopic (exact) mass is 389 g/mol. The summed E-state index contributed by atoms with van der Waals surface area (Å²) >= 11 is 1.47. The standard InChI is InChI=1S/C22H31NO3S/c1-4-5-8-17(2)9-6-10-18-12-15-21(24)23(18)16-7-11-19-13-14-20(27-19)22(25)26-3/h6,9-10,13-14,18H,4-5,7-8,11-12,15-16H2,1-3H3/t18-/m0/s1. The lowest BCUT2D eigenvalue weighted by atomic mass is 10.1. The molecule has 1 saturated heterocycles. The molecule has 1 fully saturated rings. The van der Waals surface area contributed by atoms with Crippen LogP contribution in [-0.4, -0.2) is 36.5 Å². The molecule has 0 bridgehead atoms. The number of hydrogen-bond acceptors (Lipinski definition) is 4. The van der Waals surface area contributed by atoms with E-state index in [1.54, 1.807) is 0 Å². The van der Waals surface area contributed by atoms with Crippen molar-refractivity contribution in [2.75, 3.05) is 13.7 Å². The van der Waals surface area contributed by atoms with Gasteiger partial charge in [-0.15, -0.1) is 11.3 Å². The first-order valence-corrected chi connectivity index (χ1v) is 10.7. The molecule has 0 N–H and O–H groups in total. The number of likely N-dealkylation sites (tertiary alicyclic amines) is 1. The highest BCUT2D eigenvalue weighted by Gasteiger charge is 2.28. The fourth-order valence-corrected chi connectivity index (χ4v) is 4.25. The van der Waals surface area contributed by atoms with Crippen LogP contribution in [-0.2, 0) is 16.0 Å². The van der Waals surface area contributed by atoms with Gasteiger partial charge in [0.15, 0.2) is 0 Å². The molecule has 0 unspecified atom stereocenters. The highest BCUT2D eigenvalue weighted by Crippen LogP contribution is 2.23. The molecule has 1 aromatic heterocycles. The summed E-state index contributed by atoms with van der Waals surface area (Å²) in [5.41, 5.74) is 1.39. The van der Waals surface area contributed by atoms with Crippen LogP contribution in [0.15, 0.2) is 35.9 Å². The Morgan fingerprint density at radius 3 is 2.93 bits per heavy atom. The first-order valence-electron chi connectivity index (χ1n) is 9.85. The van der Waals surface area contributed by atoms with Gasteiger partial charge in [0.25, 0.3) is 0 Å². The zero-order valence-corrected chi connectivity index (χ0v) is 17.5. The lowest BCUT2D eigenvalue weighted by Crippen LogP contribution is -2.32. The van der Waals surface area contributed by atoms with Crippen LogP contribution in [0.25, 0.3) is 0 Å². The van der Waals surface area contributed by atoms with E-state index in [0.717, 1.165) is 37.1 Å². The van der Waals surface area contributed by atoms with Gasteiger partial charge in [-0.25, -0.2) is 4.79 Å². The Bertz CT molecular complexity index is 689. The number of allylic oxidation sites excluding steroid dienone is 3. The topological polar surface area (TPSA) is 46.6 Å². The second-order valence-corrected chi connectivity index (χ2v) is 8.22. The SMILES string of the molecule is CCCCC(C)=CC=C[C@H]1CCC(=O)N1CCCc1ccc(C(=O)OC)s1. The van der Waals surface area contributed by atoms with Gasteiger partial charge in [0.1, 0.15) is 4.88 Å². The van der Waals surface area contributed by atoms with Crippen LogP contribution in [0, 0.1) is 0 Å². The van der Waals surface area contributed by atoms with Gasteiger partial charge in [-0.1, -0.05) is 37.1 Å². The Labute approximate surface area is 166 Å². The third-order valence-corrected chi connectivity index (χ3v) is 6.01. The van der Waals surface area contributed by atoms with Crippen molar-refractivity contribution in [3.8, 4) is 0 Å². The molecule has 1 aliphatic rings. The summed E-state index contributed by atoms with van der Waals surface area (Å²) in [5.74, 6) is -0.0359. The van der Waals surface area contributed by atoms with Gasteiger partial charge in [0.2, 0.25) is 5.91 Å². The van der Waals surface area contributed by atoms with E-state index in [4.69, 9.17) is 4.74 Å². The second kappa shape index (κ2) is 11.1. The molecule has 0 radical (unpaired) electrons. The first-order chi connectivity index (χ1) is 13.0. The molecular weight excluding hydrogens is 358 g/mol. The van der Waals surface area contributed by atoms with Crippen LogP contribution in [0.5, 0.6) is 0 Å². The molecule has 1 amide bonds. The average molecular weight is 390 g/mol. The molecule has 0 saturated carbocycles. The van der Waals surface area contributed by atoms with Crippen LogP contribution in [0.2, 0.25) is 0 Å². The molecule has 5 heteroatoms. The second-order valence-electron chi connectivity index (χ2n) is 7.06. The molecule has 4 nitrogen and oxygen atoms in total. The van der Waals surface area contributed by atoms with Crippen LogP contribution in [0.4, 0.5) is 0 Å². The zero-order valence-electron chi connectivity index (χ0n) is 16.7. The van der Waals surface area contributed by atoms with Crippen LogP contribution in [0.1, 0.15) is 66.9 Å². The Hall–Kier alpha value is -1.88. The van der Waals surface area contributed by atoms with Crippen molar-refractivity contribution in [2.45, 2.75) is 64.8 Å². The molecule has 27 heavy (non-hydrogen) atoms. The lowest BCUT2D eigenvalue weighted by molar-refractivity contribution is -0.128.